The van der Waals surface area contributed by atoms with Gasteiger partial charge in [-0.3, -0.25) is 9.52 Å². The van der Waals surface area contributed by atoms with Crippen molar-refractivity contribution in [3.63, 3.8) is 0 Å². The summed E-state index contributed by atoms with van der Waals surface area (Å²) in [6.07, 6.45) is 0.0772. The second kappa shape index (κ2) is 4.20. The highest BCUT2D eigenvalue weighted by Crippen LogP contribution is 2.37. The summed E-state index contributed by atoms with van der Waals surface area (Å²) in [7, 11) is 1.42. The normalized spacial score (nSPS) is 28.4. The number of urea groups is 1. The monoisotopic (exact) mass is 280 g/mol. The molecule has 2 aliphatic heterocycles. The maximum absolute atomic E-state index is 12.3. The highest BCUT2D eigenvalue weighted by molar-refractivity contribution is 5.93. The van der Waals surface area contributed by atoms with Crippen LogP contribution >= 0.6 is 0 Å². The second-order valence-corrected chi connectivity index (χ2v) is 6.06. The molecule has 0 aliphatic carbocycles. The Morgan fingerprint density at radius 3 is 2.75 bits per heavy atom. The maximum atomic E-state index is 12.3. The lowest BCUT2D eigenvalue weighted by Gasteiger charge is -2.18. The van der Waals surface area contributed by atoms with Crippen LogP contribution in [0.25, 0.3) is 0 Å². The molecule has 7 nitrogen and oxygen atoms in total. The third-order valence-corrected chi connectivity index (χ3v) is 4.31. The molecule has 2 amide bonds. The highest BCUT2D eigenvalue weighted by atomic mass is 16.7. The predicted octanol–water partition coefficient (Wildman–Crippen LogP) is 1.07. The van der Waals surface area contributed by atoms with Crippen LogP contribution in [-0.2, 0) is 16.8 Å². The summed E-state index contributed by atoms with van der Waals surface area (Å²) in [4.78, 5) is 18.6. The van der Waals surface area contributed by atoms with E-state index in [0.717, 1.165) is 18.7 Å². The van der Waals surface area contributed by atoms with Crippen LogP contribution in [0.1, 0.15) is 32.9 Å². The van der Waals surface area contributed by atoms with Crippen LogP contribution in [0.5, 0.6) is 0 Å². The van der Waals surface area contributed by atoms with Gasteiger partial charge in [0.25, 0.3) is 0 Å². The molecule has 2 unspecified atom stereocenters. The SMILES string of the molecule is CON1C(=O)N(c2cc3n(n2)CCC3(C)C)C(O)C1C. The zero-order valence-electron chi connectivity index (χ0n) is 12.2. The maximum Gasteiger partial charge on any atom is 0.352 e. The van der Waals surface area contributed by atoms with Gasteiger partial charge in [0.15, 0.2) is 12.0 Å². The first-order valence-corrected chi connectivity index (χ1v) is 6.80. The molecule has 110 valence electrons. The van der Waals surface area contributed by atoms with E-state index in [-0.39, 0.29) is 11.4 Å². The van der Waals surface area contributed by atoms with Gasteiger partial charge in [-0.1, -0.05) is 13.8 Å². The lowest BCUT2D eigenvalue weighted by Crippen LogP contribution is -2.35. The number of rotatable bonds is 2. The van der Waals surface area contributed by atoms with Gasteiger partial charge in [-0.2, -0.15) is 10.2 Å². The summed E-state index contributed by atoms with van der Waals surface area (Å²) in [6.45, 7) is 6.89. The first kappa shape index (κ1) is 13.4. The van der Waals surface area contributed by atoms with Gasteiger partial charge in [-0.25, -0.2) is 9.69 Å². The summed E-state index contributed by atoms with van der Waals surface area (Å²) in [5, 5.41) is 15.9. The van der Waals surface area contributed by atoms with E-state index >= 15 is 0 Å². The van der Waals surface area contributed by atoms with Crippen molar-refractivity contribution in [3.8, 4) is 0 Å². The fraction of sp³-hybridized carbons (Fsp3) is 0.692. The largest absolute Gasteiger partial charge is 0.371 e. The number of hydrogen-bond donors (Lipinski definition) is 1. The zero-order chi connectivity index (χ0) is 14.7. The Bertz CT molecular complexity index is 554. The van der Waals surface area contributed by atoms with Crippen molar-refractivity contribution in [1.82, 2.24) is 14.8 Å². The lowest BCUT2D eigenvalue weighted by molar-refractivity contribution is -0.111. The molecule has 1 aromatic heterocycles. The van der Waals surface area contributed by atoms with E-state index < -0.39 is 12.3 Å². The third-order valence-electron chi connectivity index (χ3n) is 4.31. The van der Waals surface area contributed by atoms with E-state index in [1.807, 2.05) is 10.7 Å². The standard InChI is InChI=1S/C13H20N4O3/c1-8-11(18)16(12(19)17(8)20-4)10-7-9-13(2,3)5-6-15(9)14-10/h7-8,11,18H,5-6H2,1-4H3. The van der Waals surface area contributed by atoms with E-state index in [1.165, 1.54) is 17.1 Å². The van der Waals surface area contributed by atoms with Gasteiger partial charge in [0.05, 0.1) is 7.11 Å². The van der Waals surface area contributed by atoms with E-state index in [4.69, 9.17) is 4.84 Å². The number of nitrogens with zero attached hydrogens (tertiary/aromatic N) is 4. The molecule has 0 spiro atoms. The van der Waals surface area contributed by atoms with Crippen molar-refractivity contribution >= 4 is 11.8 Å². The minimum Gasteiger partial charge on any atom is -0.371 e. The fourth-order valence-electron chi connectivity index (χ4n) is 2.96. The summed E-state index contributed by atoms with van der Waals surface area (Å²) in [6, 6.07) is 1.07. The number of aliphatic hydroxyl groups is 1. The number of anilines is 1. The smallest absolute Gasteiger partial charge is 0.352 e. The first-order valence-electron chi connectivity index (χ1n) is 6.80. The number of carbonyl (C=O) groups is 1. The Morgan fingerprint density at radius 1 is 1.50 bits per heavy atom. The molecule has 3 heterocycles. The molecule has 2 aliphatic rings. The van der Waals surface area contributed by atoms with Gasteiger partial charge in [-0.05, 0) is 13.3 Å². The number of hydrogen-bond acceptors (Lipinski definition) is 4. The number of amides is 2. The topological polar surface area (TPSA) is 70.8 Å². The Morgan fingerprint density at radius 2 is 2.20 bits per heavy atom. The van der Waals surface area contributed by atoms with Crippen LogP contribution < -0.4 is 4.90 Å². The van der Waals surface area contributed by atoms with E-state index in [9.17, 15) is 9.90 Å². The Balaban J connectivity index is 1.97. The quantitative estimate of drug-likeness (QED) is 0.880. The summed E-state index contributed by atoms with van der Waals surface area (Å²) < 4.78 is 1.91. The molecule has 2 atom stereocenters. The van der Waals surface area contributed by atoms with Gasteiger partial charge >= 0.3 is 6.03 Å². The van der Waals surface area contributed by atoms with E-state index in [1.54, 1.807) is 6.92 Å². The van der Waals surface area contributed by atoms with Gasteiger partial charge in [0.2, 0.25) is 0 Å². The van der Waals surface area contributed by atoms with Crippen molar-refractivity contribution in [1.29, 1.82) is 0 Å². The van der Waals surface area contributed by atoms with Gasteiger partial charge in [0.1, 0.15) is 6.04 Å². The molecule has 1 N–H and O–H groups in total. The molecule has 0 radical (unpaired) electrons. The number of aliphatic hydroxyl groups excluding tert-OH is 1. The molecule has 3 rings (SSSR count). The molecule has 1 aromatic rings. The Kier molecular flexibility index (Phi) is 2.81. The molecule has 0 aromatic carbocycles. The minimum atomic E-state index is -0.957. The molecule has 1 fully saturated rings. The molecule has 0 bridgehead atoms. The average molecular weight is 280 g/mol. The van der Waals surface area contributed by atoms with Crippen molar-refractivity contribution in [2.75, 3.05) is 12.0 Å². The van der Waals surface area contributed by atoms with Crippen LogP contribution in [0.4, 0.5) is 10.6 Å². The Labute approximate surface area is 117 Å². The lowest BCUT2D eigenvalue weighted by atomic mass is 9.88. The van der Waals surface area contributed by atoms with Gasteiger partial charge < -0.3 is 5.11 Å². The predicted molar refractivity (Wildman–Crippen MR) is 72.1 cm³/mol. The number of aromatic nitrogens is 2. The number of hydroxylamine groups is 2. The van der Waals surface area contributed by atoms with Crippen LogP contribution in [0.15, 0.2) is 6.07 Å². The summed E-state index contributed by atoms with van der Waals surface area (Å²) >= 11 is 0. The summed E-state index contributed by atoms with van der Waals surface area (Å²) in [5.41, 5.74) is 1.14. The molecule has 20 heavy (non-hydrogen) atoms. The van der Waals surface area contributed by atoms with Gasteiger partial charge in [0, 0.05) is 23.7 Å². The van der Waals surface area contributed by atoms with Crippen LogP contribution in [0.2, 0.25) is 0 Å². The Hall–Kier alpha value is -1.60. The average Bonchev–Trinajstić information content (AvgIpc) is 2.97. The van der Waals surface area contributed by atoms with Crippen molar-refractivity contribution < 1.29 is 14.7 Å². The zero-order valence-corrected chi connectivity index (χ0v) is 12.2. The molecule has 1 saturated heterocycles. The van der Waals surface area contributed by atoms with Crippen molar-refractivity contribution in [2.24, 2.45) is 0 Å². The molecule has 0 saturated carbocycles. The third kappa shape index (κ3) is 1.66. The van der Waals surface area contributed by atoms with E-state index in [2.05, 4.69) is 18.9 Å². The molecular formula is C13H20N4O3. The fourth-order valence-corrected chi connectivity index (χ4v) is 2.96. The van der Waals surface area contributed by atoms with Gasteiger partial charge in [-0.15, -0.1) is 0 Å². The van der Waals surface area contributed by atoms with Crippen molar-refractivity contribution in [2.45, 2.75) is 51.4 Å². The second-order valence-electron chi connectivity index (χ2n) is 6.06. The minimum absolute atomic E-state index is 0.0472. The van der Waals surface area contributed by atoms with Crippen LogP contribution in [0, 0.1) is 0 Å². The number of carbonyl (C=O) groups excluding carboxylic acids is 1. The molecule has 7 heteroatoms. The van der Waals surface area contributed by atoms with E-state index in [0.29, 0.717) is 5.82 Å². The summed E-state index contributed by atoms with van der Waals surface area (Å²) in [5.74, 6) is 0.483. The van der Waals surface area contributed by atoms with Crippen molar-refractivity contribution in [3.05, 3.63) is 11.8 Å². The highest BCUT2D eigenvalue weighted by Gasteiger charge is 2.46. The van der Waals surface area contributed by atoms with Crippen LogP contribution in [0.3, 0.4) is 0 Å². The molecular weight excluding hydrogens is 260 g/mol. The first-order chi connectivity index (χ1) is 9.36. The van der Waals surface area contributed by atoms with Crippen LogP contribution in [-0.4, -0.2) is 45.4 Å². The number of aryl methyl sites for hydroxylation is 1. The number of fused-ring (bicyclic) bond motifs is 1.